The molecular weight excluding hydrogens is 406 g/mol. The molecule has 2 aromatic carbocycles. The fourth-order valence-electron chi connectivity index (χ4n) is 2.69. The van der Waals surface area contributed by atoms with E-state index in [-0.39, 0.29) is 11.8 Å². The highest BCUT2D eigenvalue weighted by atomic mass is 79.9. The van der Waals surface area contributed by atoms with Gasteiger partial charge < -0.3 is 15.5 Å². The van der Waals surface area contributed by atoms with Crippen LogP contribution in [0.1, 0.15) is 30.6 Å². The fourth-order valence-corrected chi connectivity index (χ4v) is 2.95. The van der Waals surface area contributed by atoms with E-state index in [0.29, 0.717) is 12.1 Å². The van der Waals surface area contributed by atoms with Crippen molar-refractivity contribution in [3.8, 4) is 0 Å². The smallest absolute Gasteiger partial charge is 0.251 e. The molecule has 0 aliphatic rings. The van der Waals surface area contributed by atoms with Gasteiger partial charge in [-0.15, -0.1) is 0 Å². The SMILES string of the molecule is CCN(CCCNC(=O)C(C)NC(=O)c1ccc(Br)cc1)c1ccccc1. The number of hydrogen-bond donors (Lipinski definition) is 2. The number of anilines is 1. The van der Waals surface area contributed by atoms with Crippen LogP contribution in [0.25, 0.3) is 0 Å². The van der Waals surface area contributed by atoms with E-state index < -0.39 is 6.04 Å². The molecule has 0 radical (unpaired) electrons. The minimum absolute atomic E-state index is 0.178. The summed E-state index contributed by atoms with van der Waals surface area (Å²) in [5.74, 6) is -0.436. The average Bonchev–Trinajstić information content (AvgIpc) is 2.69. The summed E-state index contributed by atoms with van der Waals surface area (Å²) in [6.45, 7) is 6.15. The van der Waals surface area contributed by atoms with Gasteiger partial charge in [-0.05, 0) is 56.7 Å². The molecule has 2 aromatic rings. The third-order valence-electron chi connectivity index (χ3n) is 4.25. The molecule has 2 N–H and O–H groups in total. The Balaban J connectivity index is 1.73. The summed E-state index contributed by atoms with van der Waals surface area (Å²) in [6.07, 6.45) is 0.835. The van der Waals surface area contributed by atoms with Crippen molar-refractivity contribution in [2.45, 2.75) is 26.3 Å². The van der Waals surface area contributed by atoms with Gasteiger partial charge in [0.05, 0.1) is 0 Å². The van der Waals surface area contributed by atoms with Gasteiger partial charge in [0.25, 0.3) is 5.91 Å². The first-order valence-electron chi connectivity index (χ1n) is 9.15. The number of nitrogens with zero attached hydrogens (tertiary/aromatic N) is 1. The van der Waals surface area contributed by atoms with E-state index in [2.05, 4.69) is 50.5 Å². The Morgan fingerprint density at radius 1 is 1.07 bits per heavy atom. The molecule has 1 unspecified atom stereocenters. The minimum Gasteiger partial charge on any atom is -0.372 e. The molecule has 0 fully saturated rings. The molecule has 0 saturated carbocycles. The molecule has 2 amide bonds. The maximum absolute atomic E-state index is 12.2. The fraction of sp³-hybridized carbons (Fsp3) is 0.333. The van der Waals surface area contributed by atoms with Gasteiger partial charge >= 0.3 is 0 Å². The Morgan fingerprint density at radius 3 is 2.37 bits per heavy atom. The average molecular weight is 432 g/mol. The van der Waals surface area contributed by atoms with E-state index in [9.17, 15) is 9.59 Å². The highest BCUT2D eigenvalue weighted by molar-refractivity contribution is 9.10. The van der Waals surface area contributed by atoms with Crippen LogP contribution in [-0.2, 0) is 4.79 Å². The van der Waals surface area contributed by atoms with Crippen LogP contribution < -0.4 is 15.5 Å². The summed E-state index contributed by atoms with van der Waals surface area (Å²) in [6, 6.07) is 16.7. The highest BCUT2D eigenvalue weighted by Crippen LogP contribution is 2.13. The number of halogens is 1. The van der Waals surface area contributed by atoms with Crippen LogP contribution >= 0.6 is 15.9 Å². The van der Waals surface area contributed by atoms with Gasteiger partial charge in [-0.25, -0.2) is 0 Å². The molecule has 144 valence electrons. The van der Waals surface area contributed by atoms with Gasteiger partial charge in [-0.2, -0.15) is 0 Å². The molecule has 0 bridgehead atoms. The number of para-hydroxylation sites is 1. The van der Waals surface area contributed by atoms with Gasteiger partial charge in [0.1, 0.15) is 6.04 Å². The van der Waals surface area contributed by atoms with Gasteiger partial charge in [0.2, 0.25) is 5.91 Å². The molecule has 0 saturated heterocycles. The first-order chi connectivity index (χ1) is 13.0. The van der Waals surface area contributed by atoms with E-state index in [1.54, 1.807) is 31.2 Å². The lowest BCUT2D eigenvalue weighted by Crippen LogP contribution is -2.45. The van der Waals surface area contributed by atoms with E-state index in [4.69, 9.17) is 0 Å². The second-order valence-corrected chi connectivity index (χ2v) is 7.18. The molecule has 1 atom stereocenters. The second kappa shape index (κ2) is 10.7. The maximum atomic E-state index is 12.2. The monoisotopic (exact) mass is 431 g/mol. The topological polar surface area (TPSA) is 61.4 Å². The zero-order valence-electron chi connectivity index (χ0n) is 15.7. The van der Waals surface area contributed by atoms with Crippen LogP contribution in [0.15, 0.2) is 59.1 Å². The van der Waals surface area contributed by atoms with E-state index >= 15 is 0 Å². The Morgan fingerprint density at radius 2 is 1.74 bits per heavy atom. The predicted molar refractivity (Wildman–Crippen MR) is 113 cm³/mol. The van der Waals surface area contributed by atoms with Crippen molar-refractivity contribution in [1.82, 2.24) is 10.6 Å². The van der Waals surface area contributed by atoms with Crippen molar-refractivity contribution in [3.63, 3.8) is 0 Å². The molecule has 27 heavy (non-hydrogen) atoms. The number of carbonyl (C=O) groups is 2. The molecule has 0 heterocycles. The van der Waals surface area contributed by atoms with Crippen LogP contribution in [0.3, 0.4) is 0 Å². The Bertz CT molecular complexity index is 735. The van der Waals surface area contributed by atoms with Crippen molar-refractivity contribution in [2.75, 3.05) is 24.5 Å². The summed E-state index contributed by atoms with van der Waals surface area (Å²) in [7, 11) is 0. The van der Waals surface area contributed by atoms with E-state index in [1.807, 2.05) is 18.2 Å². The summed E-state index contributed by atoms with van der Waals surface area (Å²) in [4.78, 5) is 26.6. The van der Waals surface area contributed by atoms with Crippen molar-refractivity contribution in [3.05, 3.63) is 64.6 Å². The van der Waals surface area contributed by atoms with Crippen LogP contribution in [0.5, 0.6) is 0 Å². The zero-order valence-corrected chi connectivity index (χ0v) is 17.3. The molecule has 0 aliphatic heterocycles. The van der Waals surface area contributed by atoms with E-state index in [0.717, 1.165) is 24.0 Å². The molecule has 2 rings (SSSR count). The first kappa shape index (κ1) is 21.0. The Hall–Kier alpha value is -2.34. The lowest BCUT2D eigenvalue weighted by molar-refractivity contribution is -0.122. The number of hydrogen-bond acceptors (Lipinski definition) is 3. The molecule has 6 heteroatoms. The standard InChI is InChI=1S/C21H26BrN3O2/c1-3-25(19-8-5-4-6-9-19)15-7-14-23-20(26)16(2)24-21(27)17-10-12-18(22)13-11-17/h4-6,8-13,16H,3,7,14-15H2,1-2H3,(H,23,26)(H,24,27). The van der Waals surface area contributed by atoms with Crippen LogP contribution in [0.4, 0.5) is 5.69 Å². The van der Waals surface area contributed by atoms with Crippen molar-refractivity contribution < 1.29 is 9.59 Å². The Kier molecular flexibility index (Phi) is 8.33. The largest absolute Gasteiger partial charge is 0.372 e. The lowest BCUT2D eigenvalue weighted by Gasteiger charge is -2.23. The van der Waals surface area contributed by atoms with Crippen molar-refractivity contribution >= 4 is 33.4 Å². The molecule has 0 spiro atoms. The second-order valence-electron chi connectivity index (χ2n) is 6.26. The molecular formula is C21H26BrN3O2. The number of amides is 2. The van der Waals surface area contributed by atoms with Crippen LogP contribution in [0.2, 0.25) is 0 Å². The first-order valence-corrected chi connectivity index (χ1v) is 9.94. The number of benzene rings is 2. The van der Waals surface area contributed by atoms with Gasteiger partial charge in [0, 0.05) is 35.4 Å². The molecule has 0 aliphatic carbocycles. The summed E-state index contributed by atoms with van der Waals surface area (Å²) >= 11 is 3.33. The van der Waals surface area contributed by atoms with E-state index in [1.165, 1.54) is 5.69 Å². The highest BCUT2D eigenvalue weighted by Gasteiger charge is 2.16. The van der Waals surface area contributed by atoms with Gasteiger partial charge in [-0.3, -0.25) is 9.59 Å². The predicted octanol–water partition coefficient (Wildman–Crippen LogP) is 3.60. The van der Waals surface area contributed by atoms with Crippen molar-refractivity contribution in [1.29, 1.82) is 0 Å². The summed E-state index contributed by atoms with van der Waals surface area (Å²) in [5, 5.41) is 5.62. The maximum Gasteiger partial charge on any atom is 0.251 e. The molecule has 0 aromatic heterocycles. The van der Waals surface area contributed by atoms with Gasteiger partial charge in [-0.1, -0.05) is 34.1 Å². The Labute approximate surface area is 169 Å². The lowest BCUT2D eigenvalue weighted by atomic mass is 10.2. The number of rotatable bonds is 9. The quantitative estimate of drug-likeness (QED) is 0.596. The number of nitrogens with one attached hydrogen (secondary N) is 2. The summed E-state index contributed by atoms with van der Waals surface area (Å²) < 4.78 is 0.904. The third-order valence-corrected chi connectivity index (χ3v) is 4.78. The summed E-state index contributed by atoms with van der Waals surface area (Å²) in [5.41, 5.74) is 1.71. The van der Waals surface area contributed by atoms with Crippen LogP contribution in [-0.4, -0.2) is 37.5 Å². The molecule has 5 nitrogen and oxygen atoms in total. The van der Waals surface area contributed by atoms with Crippen molar-refractivity contribution in [2.24, 2.45) is 0 Å². The van der Waals surface area contributed by atoms with Gasteiger partial charge in [0.15, 0.2) is 0 Å². The van der Waals surface area contributed by atoms with Crippen LogP contribution in [0, 0.1) is 0 Å². The minimum atomic E-state index is -0.586. The zero-order chi connectivity index (χ0) is 19.6. The normalized spacial score (nSPS) is 11.5. The third kappa shape index (κ3) is 6.71. The number of carbonyl (C=O) groups excluding carboxylic acids is 2.